The van der Waals surface area contributed by atoms with E-state index < -0.39 is 0 Å². The van der Waals surface area contributed by atoms with Crippen molar-refractivity contribution in [3.8, 4) is 0 Å². The Kier molecular flexibility index (Phi) is 4.19. The average Bonchev–Trinajstić information content (AvgIpc) is 2.35. The number of benzene rings is 1. The molecule has 1 fully saturated rings. The summed E-state index contributed by atoms with van der Waals surface area (Å²) in [6.07, 6.45) is 0.770. The van der Waals surface area contributed by atoms with Gasteiger partial charge in [0.25, 0.3) is 0 Å². The third-order valence-corrected chi connectivity index (χ3v) is 3.52. The van der Waals surface area contributed by atoms with Crippen molar-refractivity contribution >= 4 is 17.5 Å². The molecule has 0 radical (unpaired) electrons. The van der Waals surface area contributed by atoms with E-state index in [4.69, 9.17) is 11.6 Å². The van der Waals surface area contributed by atoms with Crippen LogP contribution in [0.25, 0.3) is 0 Å². The second-order valence-corrected chi connectivity index (χ2v) is 4.82. The van der Waals surface area contributed by atoms with Gasteiger partial charge in [-0.2, -0.15) is 0 Å². The maximum atomic E-state index is 12.9. The van der Waals surface area contributed by atoms with Gasteiger partial charge in [-0.15, -0.1) is 0 Å². The summed E-state index contributed by atoms with van der Waals surface area (Å²) in [5, 5.41) is 3.54. The summed E-state index contributed by atoms with van der Waals surface area (Å²) in [5.41, 5.74) is 0.781. The van der Waals surface area contributed by atoms with E-state index in [1.165, 1.54) is 12.1 Å². The maximum absolute atomic E-state index is 12.9. The Balaban J connectivity index is 2.10. The highest BCUT2D eigenvalue weighted by Gasteiger charge is 2.27. The van der Waals surface area contributed by atoms with E-state index in [9.17, 15) is 9.18 Å². The van der Waals surface area contributed by atoms with Gasteiger partial charge in [0.05, 0.1) is 6.04 Å². The lowest BCUT2D eigenvalue weighted by molar-refractivity contribution is -0.136. The lowest BCUT2D eigenvalue weighted by Crippen LogP contribution is -2.54. The number of hydrogen-bond donors (Lipinski definition) is 1. The van der Waals surface area contributed by atoms with Gasteiger partial charge < -0.3 is 10.2 Å². The van der Waals surface area contributed by atoms with Crippen LogP contribution in [0.4, 0.5) is 4.39 Å². The normalized spacial score (nSPS) is 20.3. The fourth-order valence-corrected chi connectivity index (χ4v) is 2.35. The molecule has 18 heavy (non-hydrogen) atoms. The second-order valence-electron chi connectivity index (χ2n) is 4.41. The summed E-state index contributed by atoms with van der Waals surface area (Å²) in [5.74, 6) is -0.272. The zero-order chi connectivity index (χ0) is 13.1. The van der Waals surface area contributed by atoms with E-state index in [0.29, 0.717) is 18.1 Å². The number of nitrogens with one attached hydrogen (secondary N) is 1. The van der Waals surface area contributed by atoms with Gasteiger partial charge in [-0.25, -0.2) is 4.39 Å². The van der Waals surface area contributed by atoms with Gasteiger partial charge in [-0.05, 0) is 24.1 Å². The van der Waals surface area contributed by atoms with Crippen molar-refractivity contribution in [1.82, 2.24) is 10.2 Å². The van der Waals surface area contributed by atoms with Crippen LogP contribution in [0.2, 0.25) is 5.02 Å². The quantitative estimate of drug-likeness (QED) is 0.913. The number of rotatable bonds is 3. The Labute approximate surface area is 111 Å². The van der Waals surface area contributed by atoms with Gasteiger partial charge >= 0.3 is 0 Å². The Morgan fingerprint density at radius 3 is 3.00 bits per heavy atom. The SMILES string of the molecule is CCC1NCCN(Cc2ccc(F)cc2Cl)C1=O. The molecule has 1 aromatic rings. The highest BCUT2D eigenvalue weighted by molar-refractivity contribution is 6.31. The molecule has 1 amide bonds. The van der Waals surface area contributed by atoms with Crippen LogP contribution in [-0.2, 0) is 11.3 Å². The van der Waals surface area contributed by atoms with Crippen molar-refractivity contribution in [2.45, 2.75) is 25.9 Å². The van der Waals surface area contributed by atoms with Gasteiger partial charge in [-0.1, -0.05) is 24.6 Å². The van der Waals surface area contributed by atoms with Crippen molar-refractivity contribution in [1.29, 1.82) is 0 Å². The summed E-state index contributed by atoms with van der Waals surface area (Å²) in [4.78, 5) is 13.9. The molecule has 1 unspecified atom stereocenters. The van der Waals surface area contributed by atoms with Crippen LogP contribution in [0, 0.1) is 5.82 Å². The first-order chi connectivity index (χ1) is 8.61. The van der Waals surface area contributed by atoms with Gasteiger partial charge in [0.15, 0.2) is 0 Å². The summed E-state index contributed by atoms with van der Waals surface area (Å²) < 4.78 is 12.9. The maximum Gasteiger partial charge on any atom is 0.240 e. The second kappa shape index (κ2) is 5.67. The van der Waals surface area contributed by atoms with Crippen molar-refractivity contribution < 1.29 is 9.18 Å². The van der Waals surface area contributed by atoms with Gasteiger partial charge in [0, 0.05) is 24.7 Å². The molecule has 1 aliphatic rings. The molecule has 0 aromatic heterocycles. The fourth-order valence-electron chi connectivity index (χ4n) is 2.12. The number of carbonyl (C=O) groups is 1. The largest absolute Gasteiger partial charge is 0.336 e. The van der Waals surface area contributed by atoms with Gasteiger partial charge in [-0.3, -0.25) is 4.79 Å². The Morgan fingerprint density at radius 2 is 2.33 bits per heavy atom. The molecule has 1 saturated heterocycles. The number of piperazine rings is 1. The standard InChI is InChI=1S/C13H16ClFN2O/c1-2-12-13(18)17(6-5-16-12)8-9-3-4-10(15)7-11(9)14/h3-4,7,12,16H,2,5-6,8H2,1H3. The van der Waals surface area contributed by atoms with E-state index in [1.54, 1.807) is 11.0 Å². The minimum Gasteiger partial charge on any atom is -0.336 e. The first-order valence-corrected chi connectivity index (χ1v) is 6.45. The van der Waals surface area contributed by atoms with Crippen molar-refractivity contribution in [3.05, 3.63) is 34.6 Å². The minimum absolute atomic E-state index is 0.0872. The molecule has 98 valence electrons. The number of hydrogen-bond acceptors (Lipinski definition) is 2. The van der Waals surface area contributed by atoms with Gasteiger partial charge in [0.1, 0.15) is 5.82 Å². The summed E-state index contributed by atoms with van der Waals surface area (Å²) >= 11 is 5.97. The molecule has 1 aliphatic heterocycles. The van der Waals surface area contributed by atoms with E-state index in [1.807, 2.05) is 6.92 Å². The molecule has 1 heterocycles. The number of amides is 1. The van der Waals surface area contributed by atoms with Gasteiger partial charge in [0.2, 0.25) is 5.91 Å². The Bertz CT molecular complexity index is 453. The first-order valence-electron chi connectivity index (χ1n) is 6.08. The average molecular weight is 271 g/mol. The molecule has 0 spiro atoms. The number of carbonyl (C=O) groups excluding carboxylic acids is 1. The van der Waals surface area contributed by atoms with Crippen LogP contribution in [0.15, 0.2) is 18.2 Å². The van der Waals surface area contributed by atoms with Crippen LogP contribution in [0.1, 0.15) is 18.9 Å². The summed E-state index contributed by atoms with van der Waals surface area (Å²) in [6.45, 7) is 3.85. The number of nitrogens with zero attached hydrogens (tertiary/aromatic N) is 1. The molecule has 5 heteroatoms. The highest BCUT2D eigenvalue weighted by atomic mass is 35.5. The van der Waals surface area contributed by atoms with Crippen LogP contribution in [0.5, 0.6) is 0 Å². The van der Waals surface area contributed by atoms with Crippen molar-refractivity contribution in [2.24, 2.45) is 0 Å². The fraction of sp³-hybridized carbons (Fsp3) is 0.462. The van der Waals surface area contributed by atoms with Crippen molar-refractivity contribution in [3.63, 3.8) is 0 Å². The van der Waals surface area contributed by atoms with E-state index >= 15 is 0 Å². The molecule has 2 rings (SSSR count). The van der Waals surface area contributed by atoms with E-state index in [0.717, 1.165) is 18.5 Å². The molecule has 1 aromatic carbocycles. The Morgan fingerprint density at radius 1 is 1.56 bits per heavy atom. The number of halogens is 2. The molecular weight excluding hydrogens is 255 g/mol. The first kappa shape index (κ1) is 13.3. The molecular formula is C13H16ClFN2O. The van der Waals surface area contributed by atoms with Crippen LogP contribution >= 0.6 is 11.6 Å². The molecule has 0 saturated carbocycles. The van der Waals surface area contributed by atoms with Crippen LogP contribution in [-0.4, -0.2) is 29.9 Å². The molecule has 1 atom stereocenters. The minimum atomic E-state index is -0.359. The highest BCUT2D eigenvalue weighted by Crippen LogP contribution is 2.20. The Hall–Kier alpha value is -1.13. The van der Waals surface area contributed by atoms with E-state index in [-0.39, 0.29) is 17.8 Å². The predicted octanol–water partition coefficient (Wildman–Crippen LogP) is 2.19. The van der Waals surface area contributed by atoms with Crippen LogP contribution < -0.4 is 5.32 Å². The van der Waals surface area contributed by atoms with E-state index in [2.05, 4.69) is 5.32 Å². The zero-order valence-electron chi connectivity index (χ0n) is 10.2. The molecule has 0 aliphatic carbocycles. The third kappa shape index (κ3) is 2.82. The lowest BCUT2D eigenvalue weighted by atomic mass is 10.1. The summed E-state index contributed by atoms with van der Waals surface area (Å²) in [7, 11) is 0. The van der Waals surface area contributed by atoms with Crippen LogP contribution in [0.3, 0.4) is 0 Å². The molecule has 1 N–H and O–H groups in total. The topological polar surface area (TPSA) is 32.3 Å². The third-order valence-electron chi connectivity index (χ3n) is 3.17. The smallest absolute Gasteiger partial charge is 0.240 e. The molecule has 3 nitrogen and oxygen atoms in total. The zero-order valence-corrected chi connectivity index (χ0v) is 11.0. The predicted molar refractivity (Wildman–Crippen MR) is 68.9 cm³/mol. The summed E-state index contributed by atoms with van der Waals surface area (Å²) in [6, 6.07) is 4.16. The van der Waals surface area contributed by atoms with Crippen molar-refractivity contribution in [2.75, 3.05) is 13.1 Å². The lowest BCUT2D eigenvalue weighted by Gasteiger charge is -2.33. The monoisotopic (exact) mass is 270 g/mol. The molecule has 0 bridgehead atoms.